The van der Waals surface area contributed by atoms with Crippen LogP contribution < -0.4 is 0 Å². The summed E-state index contributed by atoms with van der Waals surface area (Å²) in [5.74, 6) is 1.19. The zero-order valence-electron chi connectivity index (χ0n) is 14.1. The third-order valence-corrected chi connectivity index (χ3v) is 5.80. The second kappa shape index (κ2) is 4.14. The van der Waals surface area contributed by atoms with Crippen molar-refractivity contribution in [3.05, 3.63) is 63.5 Å². The number of imidazole rings is 1. The van der Waals surface area contributed by atoms with Gasteiger partial charge in [-0.25, -0.2) is 4.98 Å². The van der Waals surface area contributed by atoms with Gasteiger partial charge >= 0.3 is 0 Å². The van der Waals surface area contributed by atoms with Gasteiger partial charge in [-0.2, -0.15) is 0 Å². The van der Waals surface area contributed by atoms with Crippen LogP contribution in [0.15, 0.2) is 29.8 Å². The molecule has 0 unspecified atom stereocenters. The fraction of sp³-hybridized carbons (Fsp3) is 0.286. The third-order valence-electron chi connectivity index (χ3n) is 5.80. The quantitative estimate of drug-likeness (QED) is 0.452. The molecule has 1 aromatic heterocycles. The lowest BCUT2D eigenvalue weighted by Gasteiger charge is -2.14. The van der Waals surface area contributed by atoms with Crippen LogP contribution in [0.4, 0.5) is 0 Å². The van der Waals surface area contributed by atoms with Crippen molar-refractivity contribution in [1.29, 1.82) is 0 Å². The molecule has 0 bridgehead atoms. The summed E-state index contributed by atoms with van der Waals surface area (Å²) in [5.41, 5.74) is 13.8. The highest BCUT2D eigenvalue weighted by Gasteiger charge is 2.30. The molecule has 0 atom stereocenters. The second-order valence-corrected chi connectivity index (χ2v) is 7.10. The highest BCUT2D eigenvalue weighted by molar-refractivity contribution is 5.89. The molecule has 0 amide bonds. The van der Waals surface area contributed by atoms with E-state index >= 15 is 0 Å². The van der Waals surface area contributed by atoms with E-state index in [-0.39, 0.29) is 0 Å². The Morgan fingerprint density at radius 1 is 0.913 bits per heavy atom. The Kier molecular flexibility index (Phi) is 2.36. The first-order valence-corrected chi connectivity index (χ1v) is 8.35. The van der Waals surface area contributed by atoms with Crippen molar-refractivity contribution >= 4 is 16.6 Å². The molecule has 0 spiro atoms. The van der Waals surface area contributed by atoms with Crippen molar-refractivity contribution in [2.75, 3.05) is 0 Å². The first-order chi connectivity index (χ1) is 11.1. The molecule has 5 rings (SSSR count). The molecule has 114 valence electrons. The summed E-state index contributed by atoms with van der Waals surface area (Å²) in [6, 6.07) is 8.98. The summed E-state index contributed by atoms with van der Waals surface area (Å²) in [4.78, 5) is 4.93. The van der Waals surface area contributed by atoms with Crippen LogP contribution in [0.5, 0.6) is 0 Å². The normalized spacial score (nSPS) is 15.3. The van der Waals surface area contributed by atoms with E-state index in [1.807, 2.05) is 0 Å². The van der Waals surface area contributed by atoms with Gasteiger partial charge in [0.15, 0.2) is 0 Å². The summed E-state index contributed by atoms with van der Waals surface area (Å²) >= 11 is 0. The van der Waals surface area contributed by atoms with E-state index in [9.17, 15) is 0 Å². The lowest BCUT2D eigenvalue weighted by Crippen LogP contribution is -2.00. The maximum absolute atomic E-state index is 4.93. The number of nitrogens with zero attached hydrogens (tertiary/aromatic N) is 2. The van der Waals surface area contributed by atoms with Crippen molar-refractivity contribution in [2.24, 2.45) is 0 Å². The zero-order chi connectivity index (χ0) is 15.9. The minimum atomic E-state index is 0.947. The Morgan fingerprint density at radius 3 is 2.52 bits per heavy atom. The van der Waals surface area contributed by atoms with Gasteiger partial charge in [0.2, 0.25) is 0 Å². The molecular formula is C21H20N2. The molecular weight excluding hydrogens is 280 g/mol. The average Bonchev–Trinajstić information content (AvgIpc) is 3.14. The highest BCUT2D eigenvalue weighted by Crippen LogP contribution is 2.43. The highest BCUT2D eigenvalue weighted by atomic mass is 15.1. The van der Waals surface area contributed by atoms with Gasteiger partial charge in [0.05, 0.1) is 16.7 Å². The molecule has 2 aliphatic rings. The van der Waals surface area contributed by atoms with Gasteiger partial charge in [0, 0.05) is 12.0 Å². The third kappa shape index (κ3) is 1.51. The summed E-state index contributed by atoms with van der Waals surface area (Å²) in [5, 5.41) is 0. The molecule has 23 heavy (non-hydrogen) atoms. The minimum absolute atomic E-state index is 0.947. The molecule has 3 aromatic rings. The van der Waals surface area contributed by atoms with Gasteiger partial charge in [-0.15, -0.1) is 0 Å². The number of allylic oxidation sites excluding steroid dienone is 2. The number of hydrogen-bond donors (Lipinski definition) is 0. The molecule has 1 aliphatic carbocycles. The number of benzene rings is 2. The van der Waals surface area contributed by atoms with Gasteiger partial charge in [0.1, 0.15) is 5.82 Å². The molecule has 2 nitrogen and oxygen atoms in total. The largest absolute Gasteiger partial charge is 0.295 e. The fourth-order valence-electron chi connectivity index (χ4n) is 4.28. The summed E-state index contributed by atoms with van der Waals surface area (Å²) in [7, 11) is 0. The van der Waals surface area contributed by atoms with E-state index in [0.29, 0.717) is 0 Å². The van der Waals surface area contributed by atoms with Gasteiger partial charge in [-0.3, -0.25) is 4.57 Å². The predicted octanol–water partition coefficient (Wildman–Crippen LogP) is 4.90. The van der Waals surface area contributed by atoms with E-state index in [2.05, 4.69) is 56.5 Å². The molecule has 0 N–H and O–H groups in total. The van der Waals surface area contributed by atoms with E-state index in [1.54, 1.807) is 0 Å². The first-order valence-electron chi connectivity index (χ1n) is 8.35. The minimum Gasteiger partial charge on any atom is -0.295 e. The second-order valence-electron chi connectivity index (χ2n) is 7.10. The topological polar surface area (TPSA) is 17.8 Å². The van der Waals surface area contributed by atoms with Crippen LogP contribution in [0, 0.1) is 13.8 Å². The number of hydrogen-bond acceptors (Lipinski definition) is 1. The Balaban J connectivity index is 1.94. The zero-order valence-corrected chi connectivity index (χ0v) is 14.1. The van der Waals surface area contributed by atoms with Crippen molar-refractivity contribution in [3.63, 3.8) is 0 Å². The van der Waals surface area contributed by atoms with Crippen LogP contribution in [0.25, 0.3) is 22.3 Å². The van der Waals surface area contributed by atoms with Crippen LogP contribution in [0.3, 0.4) is 0 Å². The lowest BCUT2D eigenvalue weighted by molar-refractivity contribution is 1.01. The van der Waals surface area contributed by atoms with Crippen LogP contribution in [-0.2, 0) is 12.8 Å². The lowest BCUT2D eigenvalue weighted by atomic mass is 9.99. The van der Waals surface area contributed by atoms with Crippen LogP contribution in [0.1, 0.15) is 47.5 Å². The maximum Gasteiger partial charge on any atom is 0.119 e. The Hall–Kier alpha value is -2.35. The van der Waals surface area contributed by atoms with Gasteiger partial charge in [-0.1, -0.05) is 23.8 Å². The number of rotatable bonds is 0. The van der Waals surface area contributed by atoms with Crippen molar-refractivity contribution in [2.45, 2.75) is 40.5 Å². The predicted molar refractivity (Wildman–Crippen MR) is 95.3 cm³/mol. The van der Waals surface area contributed by atoms with Gasteiger partial charge in [-0.05, 0) is 68.0 Å². The van der Waals surface area contributed by atoms with Crippen molar-refractivity contribution in [3.8, 4) is 5.69 Å². The molecule has 0 saturated heterocycles. The Labute approximate surface area is 136 Å². The molecule has 0 fully saturated rings. The van der Waals surface area contributed by atoms with Crippen molar-refractivity contribution in [1.82, 2.24) is 9.55 Å². The number of aromatic nitrogens is 2. The molecule has 1 aliphatic heterocycles. The number of aryl methyl sites for hydroxylation is 2. The summed E-state index contributed by atoms with van der Waals surface area (Å²) in [6.07, 6.45) is 2.04. The Morgan fingerprint density at radius 2 is 1.70 bits per heavy atom. The average molecular weight is 300 g/mol. The molecule has 0 radical (unpaired) electrons. The summed E-state index contributed by atoms with van der Waals surface area (Å²) in [6.45, 7) is 8.95. The number of fused-ring (bicyclic) bond motifs is 7. The van der Waals surface area contributed by atoms with Crippen LogP contribution in [-0.4, -0.2) is 9.55 Å². The molecule has 2 heterocycles. The van der Waals surface area contributed by atoms with Crippen molar-refractivity contribution < 1.29 is 0 Å². The smallest absolute Gasteiger partial charge is 0.119 e. The SMILES string of the molecule is CC1=C(C)c2c(ccc3c2-n2c(nc4ccc(C)c(C)c42)C3)C1. The van der Waals surface area contributed by atoms with Gasteiger partial charge in [0.25, 0.3) is 0 Å². The van der Waals surface area contributed by atoms with E-state index in [4.69, 9.17) is 4.98 Å². The first kappa shape index (κ1) is 13.1. The van der Waals surface area contributed by atoms with E-state index in [1.165, 1.54) is 56.0 Å². The van der Waals surface area contributed by atoms with E-state index in [0.717, 1.165) is 18.4 Å². The Bertz CT molecular complexity index is 1050. The monoisotopic (exact) mass is 300 g/mol. The summed E-state index contributed by atoms with van der Waals surface area (Å²) < 4.78 is 2.44. The molecule has 2 heteroatoms. The van der Waals surface area contributed by atoms with E-state index < -0.39 is 0 Å². The van der Waals surface area contributed by atoms with Crippen LogP contribution >= 0.6 is 0 Å². The van der Waals surface area contributed by atoms with Crippen LogP contribution in [0.2, 0.25) is 0 Å². The molecule has 0 saturated carbocycles. The maximum atomic E-state index is 4.93. The fourth-order valence-corrected chi connectivity index (χ4v) is 4.28. The van der Waals surface area contributed by atoms with Gasteiger partial charge < -0.3 is 0 Å². The standard InChI is InChI=1S/C21H20N2/c1-11-5-8-17-20(14(11)4)23-18(22-17)10-16-7-6-15-9-12(2)13(3)19(15)21(16)23/h5-8H,9-10H2,1-4H3. The molecule has 2 aromatic carbocycles.